The third-order valence-electron chi connectivity index (χ3n) is 6.89. The molecule has 0 radical (unpaired) electrons. The van der Waals surface area contributed by atoms with Gasteiger partial charge in [0.2, 0.25) is 25.1 Å². The van der Waals surface area contributed by atoms with Crippen molar-refractivity contribution in [3.63, 3.8) is 0 Å². The predicted octanol–water partition coefficient (Wildman–Crippen LogP) is 4.23. The molecule has 10 nitrogen and oxygen atoms in total. The van der Waals surface area contributed by atoms with Crippen molar-refractivity contribution in [3.8, 4) is 0 Å². The zero-order chi connectivity index (χ0) is 33.0. The van der Waals surface area contributed by atoms with E-state index in [0.717, 1.165) is 10.4 Å². The molecule has 1 heterocycles. The Balaban J connectivity index is 1.72. The summed E-state index contributed by atoms with van der Waals surface area (Å²) in [4.78, 5) is 64.0. The van der Waals surface area contributed by atoms with Gasteiger partial charge in [0.05, 0.1) is 4.88 Å². The number of rotatable bonds is 16. The SMILES string of the molecule is Cc1ccc(C(=O)NC(Cc2ccccc2)P(=O)(O)CC(=O)N[C@@H](CC(C)C)C(=O)N[C@@H](C/C=C/c2ccccc2)C(N)=O)s1. The van der Waals surface area contributed by atoms with Gasteiger partial charge in [0.1, 0.15) is 24.0 Å². The van der Waals surface area contributed by atoms with Gasteiger partial charge in [-0.1, -0.05) is 86.7 Å². The first kappa shape index (κ1) is 35.4. The fourth-order valence-corrected chi connectivity index (χ4v) is 6.90. The molecule has 3 rings (SSSR count). The highest BCUT2D eigenvalue weighted by Crippen LogP contribution is 2.46. The summed E-state index contributed by atoms with van der Waals surface area (Å²) < 4.78 is 13.7. The summed E-state index contributed by atoms with van der Waals surface area (Å²) in [7, 11) is -4.35. The molecule has 3 aromatic rings. The number of hydrogen-bond acceptors (Lipinski definition) is 6. The average molecular weight is 653 g/mol. The first-order valence-electron chi connectivity index (χ1n) is 14.7. The maximum absolute atomic E-state index is 13.7. The van der Waals surface area contributed by atoms with Gasteiger partial charge in [0, 0.05) is 11.3 Å². The zero-order valence-electron chi connectivity index (χ0n) is 25.6. The molecule has 4 atom stereocenters. The van der Waals surface area contributed by atoms with E-state index < -0.39 is 55.0 Å². The lowest BCUT2D eigenvalue weighted by molar-refractivity contribution is -0.131. The van der Waals surface area contributed by atoms with E-state index in [0.29, 0.717) is 10.4 Å². The summed E-state index contributed by atoms with van der Waals surface area (Å²) in [6, 6.07) is 19.6. The summed E-state index contributed by atoms with van der Waals surface area (Å²) in [6.07, 6.45) is 3.06. The Morgan fingerprint density at radius 1 is 0.911 bits per heavy atom. The number of nitrogens with one attached hydrogen (secondary N) is 3. The minimum atomic E-state index is -4.35. The van der Waals surface area contributed by atoms with Crippen LogP contribution >= 0.6 is 18.7 Å². The number of carbonyl (C=O) groups is 4. The third-order valence-corrected chi connectivity index (χ3v) is 9.92. The number of thiophene rings is 1. The second kappa shape index (κ2) is 16.9. The molecular formula is C33H41N4O6PS. The average Bonchev–Trinajstić information content (AvgIpc) is 3.42. The van der Waals surface area contributed by atoms with Crippen molar-refractivity contribution in [2.24, 2.45) is 11.7 Å². The molecule has 1 aromatic heterocycles. The van der Waals surface area contributed by atoms with Gasteiger partial charge < -0.3 is 26.6 Å². The van der Waals surface area contributed by atoms with Crippen LogP contribution in [-0.2, 0) is 25.4 Å². The standard InChI is InChI=1S/C33H41N4O6PS/c1-22(2)19-27(32(40)36-26(31(34)39)16-10-15-24-11-6-4-7-12-24)35-29(38)21-44(42,43)30(20-25-13-8-5-9-14-25)37-33(41)28-18-17-23(3)45-28/h4-15,17-18,22,26-27,30H,16,19-21H2,1-3H3,(H2,34,39)(H,35,38)(H,36,40)(H,37,41)(H,42,43)/b15-10+/t26-,27-,30?/m0/s1. The molecule has 2 aromatic carbocycles. The maximum Gasteiger partial charge on any atom is 0.262 e. The number of carbonyl (C=O) groups excluding carboxylic acids is 4. The Hall–Kier alpha value is -4.05. The highest BCUT2D eigenvalue weighted by Gasteiger charge is 2.36. The van der Waals surface area contributed by atoms with E-state index in [1.165, 1.54) is 11.3 Å². The molecule has 0 aliphatic carbocycles. The molecule has 0 fully saturated rings. The molecule has 2 unspecified atom stereocenters. The zero-order valence-corrected chi connectivity index (χ0v) is 27.4. The molecule has 6 N–H and O–H groups in total. The van der Waals surface area contributed by atoms with Gasteiger partial charge in [-0.15, -0.1) is 11.3 Å². The van der Waals surface area contributed by atoms with Crippen LogP contribution in [0.1, 0.15) is 52.4 Å². The molecule has 4 amide bonds. The van der Waals surface area contributed by atoms with Gasteiger partial charge in [0.25, 0.3) is 5.91 Å². The van der Waals surface area contributed by atoms with Crippen LogP contribution in [-0.4, -0.2) is 52.6 Å². The lowest BCUT2D eigenvalue weighted by Gasteiger charge is -2.26. The minimum absolute atomic E-state index is 0.0185. The van der Waals surface area contributed by atoms with Gasteiger partial charge in [-0.25, -0.2) is 0 Å². The smallest absolute Gasteiger partial charge is 0.262 e. The van der Waals surface area contributed by atoms with E-state index >= 15 is 0 Å². The van der Waals surface area contributed by atoms with Crippen LogP contribution < -0.4 is 21.7 Å². The summed E-state index contributed by atoms with van der Waals surface area (Å²) in [5, 5.41) is 7.85. The predicted molar refractivity (Wildman–Crippen MR) is 178 cm³/mol. The topological polar surface area (TPSA) is 168 Å². The van der Waals surface area contributed by atoms with Gasteiger partial charge in [0.15, 0.2) is 0 Å². The Labute approximate surface area is 268 Å². The van der Waals surface area contributed by atoms with Crippen molar-refractivity contribution in [1.82, 2.24) is 16.0 Å². The van der Waals surface area contributed by atoms with Gasteiger partial charge in [-0.05, 0) is 48.9 Å². The van der Waals surface area contributed by atoms with Crippen LogP contribution in [0.25, 0.3) is 6.08 Å². The summed E-state index contributed by atoms with van der Waals surface area (Å²) in [5.41, 5.74) is 7.17. The van der Waals surface area contributed by atoms with Crippen molar-refractivity contribution >= 4 is 48.4 Å². The number of aryl methyl sites for hydroxylation is 1. The number of amides is 4. The second-order valence-corrected chi connectivity index (χ2v) is 15.0. The van der Waals surface area contributed by atoms with Crippen LogP contribution in [0.5, 0.6) is 0 Å². The molecule has 240 valence electrons. The molecule has 12 heteroatoms. The third kappa shape index (κ3) is 11.8. The highest BCUT2D eigenvalue weighted by molar-refractivity contribution is 7.59. The lowest BCUT2D eigenvalue weighted by atomic mass is 10.0. The molecule has 45 heavy (non-hydrogen) atoms. The van der Waals surface area contributed by atoms with E-state index in [1.54, 1.807) is 54.6 Å². The normalized spacial score (nSPS) is 14.7. The Kier molecular flexibility index (Phi) is 13.3. The fourth-order valence-electron chi connectivity index (χ4n) is 4.59. The fraction of sp³-hybridized carbons (Fsp3) is 0.333. The van der Waals surface area contributed by atoms with Gasteiger partial charge in [-0.3, -0.25) is 23.7 Å². The molecule has 0 aliphatic rings. The molecule has 0 bridgehead atoms. The van der Waals surface area contributed by atoms with Crippen molar-refractivity contribution in [2.75, 3.05) is 6.16 Å². The second-order valence-electron chi connectivity index (χ2n) is 11.3. The van der Waals surface area contributed by atoms with E-state index in [-0.39, 0.29) is 25.2 Å². The summed E-state index contributed by atoms with van der Waals surface area (Å²) in [6.45, 7) is 5.56. The Morgan fingerprint density at radius 3 is 2.13 bits per heavy atom. The molecule has 0 saturated carbocycles. The Bertz CT molecular complexity index is 1530. The summed E-state index contributed by atoms with van der Waals surface area (Å²) >= 11 is 1.25. The number of benzene rings is 2. The van der Waals surface area contributed by atoms with Gasteiger partial charge >= 0.3 is 0 Å². The minimum Gasteiger partial charge on any atom is -0.368 e. The molecule has 0 aliphatic heterocycles. The van der Waals surface area contributed by atoms with Crippen molar-refractivity contribution in [1.29, 1.82) is 0 Å². The lowest BCUT2D eigenvalue weighted by Crippen LogP contribution is -2.53. The number of nitrogens with two attached hydrogens (primary N) is 1. The Morgan fingerprint density at radius 2 is 1.56 bits per heavy atom. The quantitative estimate of drug-likeness (QED) is 0.145. The first-order chi connectivity index (χ1) is 21.3. The van der Waals surface area contributed by atoms with Crippen LogP contribution in [0.4, 0.5) is 0 Å². The van der Waals surface area contributed by atoms with Crippen LogP contribution in [0.2, 0.25) is 0 Å². The largest absolute Gasteiger partial charge is 0.368 e. The van der Waals surface area contributed by atoms with Crippen molar-refractivity contribution < 1.29 is 28.6 Å². The van der Waals surface area contributed by atoms with Gasteiger partial charge in [-0.2, -0.15) is 0 Å². The molecule has 0 saturated heterocycles. The number of hydrogen-bond donors (Lipinski definition) is 5. The maximum atomic E-state index is 13.7. The van der Waals surface area contributed by atoms with E-state index in [2.05, 4.69) is 16.0 Å². The monoisotopic (exact) mass is 652 g/mol. The molecule has 0 spiro atoms. The van der Waals surface area contributed by atoms with E-state index in [4.69, 9.17) is 5.73 Å². The van der Waals surface area contributed by atoms with Crippen LogP contribution in [0, 0.1) is 12.8 Å². The van der Waals surface area contributed by atoms with Crippen LogP contribution in [0.3, 0.4) is 0 Å². The first-order valence-corrected chi connectivity index (χ1v) is 17.4. The van der Waals surface area contributed by atoms with Crippen molar-refractivity contribution in [3.05, 3.63) is 99.8 Å². The van der Waals surface area contributed by atoms with E-state index in [9.17, 15) is 28.6 Å². The summed E-state index contributed by atoms with van der Waals surface area (Å²) in [5.74, 6) is -4.01. The van der Waals surface area contributed by atoms with E-state index in [1.807, 2.05) is 51.1 Å². The van der Waals surface area contributed by atoms with Crippen LogP contribution in [0.15, 0.2) is 78.9 Å². The molecular weight excluding hydrogens is 611 g/mol. The van der Waals surface area contributed by atoms with Crippen molar-refractivity contribution in [2.45, 2.75) is 57.9 Å². The number of primary amides is 1. The highest BCUT2D eigenvalue weighted by atomic mass is 32.1.